The van der Waals surface area contributed by atoms with Gasteiger partial charge in [0.05, 0.1) is 0 Å². The molecule has 0 aliphatic heterocycles. The average Bonchev–Trinajstić information content (AvgIpc) is 2.08. The van der Waals surface area contributed by atoms with Crippen molar-refractivity contribution in [1.82, 2.24) is 0 Å². The van der Waals surface area contributed by atoms with Gasteiger partial charge in [0.2, 0.25) is 5.91 Å². The third-order valence-electron chi connectivity index (χ3n) is 1.69. The number of rotatable bonds is 3. The zero-order chi connectivity index (χ0) is 9.84. The Balaban J connectivity index is 3.03. The van der Waals surface area contributed by atoms with Crippen LogP contribution >= 0.6 is 0 Å². The molecule has 1 amide bonds. The van der Waals surface area contributed by atoms with E-state index in [1.807, 2.05) is 6.92 Å². The molecule has 4 nitrogen and oxygen atoms in total. The minimum absolute atomic E-state index is 0.369. The topological polar surface area (TPSA) is 72.6 Å². The molecule has 3 N–H and O–H groups in total. The Morgan fingerprint density at radius 1 is 1.62 bits per heavy atom. The molecular weight excluding hydrogens is 169 g/mol. The van der Waals surface area contributed by atoms with Crippen molar-refractivity contribution in [1.29, 1.82) is 0 Å². The fourth-order valence-electron chi connectivity index (χ4n) is 0.978. The van der Waals surface area contributed by atoms with Gasteiger partial charge in [0.15, 0.2) is 0 Å². The molecular formula is C8H10BNO3. The van der Waals surface area contributed by atoms with E-state index in [0.29, 0.717) is 11.3 Å². The SMILES string of the molecule is Cc1ccc(C(N)=O)cc1OBO. The second-order valence-electron chi connectivity index (χ2n) is 2.62. The maximum absolute atomic E-state index is 10.8. The Kier molecular flexibility index (Phi) is 2.92. The predicted molar refractivity (Wildman–Crippen MR) is 49.7 cm³/mol. The summed E-state index contributed by atoms with van der Waals surface area (Å²) in [7, 11) is -0.414. The Bertz CT molecular complexity index is 327. The van der Waals surface area contributed by atoms with Gasteiger partial charge in [-0.3, -0.25) is 4.79 Å². The van der Waals surface area contributed by atoms with Crippen molar-refractivity contribution in [2.75, 3.05) is 0 Å². The first-order chi connectivity index (χ1) is 6.15. The Morgan fingerprint density at radius 2 is 2.31 bits per heavy atom. The van der Waals surface area contributed by atoms with E-state index in [1.54, 1.807) is 12.1 Å². The highest BCUT2D eigenvalue weighted by atomic mass is 16.5. The van der Waals surface area contributed by atoms with Gasteiger partial charge in [-0.2, -0.15) is 0 Å². The third-order valence-corrected chi connectivity index (χ3v) is 1.69. The number of carbonyl (C=O) groups is 1. The molecule has 0 heterocycles. The van der Waals surface area contributed by atoms with Gasteiger partial charge in [-0.05, 0) is 24.6 Å². The highest BCUT2D eigenvalue weighted by Gasteiger charge is 2.04. The van der Waals surface area contributed by atoms with Crippen LogP contribution in [0.25, 0.3) is 0 Å². The Labute approximate surface area is 76.6 Å². The van der Waals surface area contributed by atoms with Crippen LogP contribution in [-0.2, 0) is 0 Å². The quantitative estimate of drug-likeness (QED) is 0.627. The zero-order valence-corrected chi connectivity index (χ0v) is 7.28. The fraction of sp³-hybridized carbons (Fsp3) is 0.125. The van der Waals surface area contributed by atoms with Crippen molar-refractivity contribution in [2.24, 2.45) is 5.73 Å². The molecule has 0 bridgehead atoms. The summed E-state index contributed by atoms with van der Waals surface area (Å²) in [5.41, 5.74) is 6.29. The molecule has 0 fully saturated rings. The lowest BCUT2D eigenvalue weighted by atomic mass is 10.1. The lowest BCUT2D eigenvalue weighted by molar-refractivity contribution is 0.1000. The number of hydrogen-bond acceptors (Lipinski definition) is 3. The van der Waals surface area contributed by atoms with Crippen molar-refractivity contribution in [2.45, 2.75) is 6.92 Å². The van der Waals surface area contributed by atoms with E-state index in [1.165, 1.54) is 6.07 Å². The van der Waals surface area contributed by atoms with Gasteiger partial charge in [0.25, 0.3) is 0 Å². The second-order valence-corrected chi connectivity index (χ2v) is 2.62. The van der Waals surface area contributed by atoms with Crippen LogP contribution in [0.5, 0.6) is 5.75 Å². The molecule has 1 aromatic carbocycles. The van der Waals surface area contributed by atoms with Crippen molar-refractivity contribution in [3.05, 3.63) is 29.3 Å². The van der Waals surface area contributed by atoms with Crippen molar-refractivity contribution >= 4 is 13.6 Å². The Hall–Kier alpha value is -1.49. The van der Waals surface area contributed by atoms with Crippen molar-refractivity contribution in [3.8, 4) is 5.75 Å². The number of amides is 1. The highest BCUT2D eigenvalue weighted by Crippen LogP contribution is 2.18. The third kappa shape index (κ3) is 2.22. The molecule has 0 aliphatic rings. The molecule has 68 valence electrons. The van der Waals surface area contributed by atoms with E-state index in [0.717, 1.165) is 5.56 Å². The Morgan fingerprint density at radius 3 is 2.85 bits per heavy atom. The first-order valence-corrected chi connectivity index (χ1v) is 3.79. The summed E-state index contributed by atoms with van der Waals surface area (Å²) in [5.74, 6) is -0.0402. The molecule has 0 spiro atoms. The molecule has 0 aromatic heterocycles. The highest BCUT2D eigenvalue weighted by molar-refractivity contribution is 6.17. The van der Waals surface area contributed by atoms with Crippen LogP contribution in [0, 0.1) is 6.92 Å². The summed E-state index contributed by atoms with van der Waals surface area (Å²) in [6.45, 7) is 1.82. The largest absolute Gasteiger partial charge is 0.539 e. The van der Waals surface area contributed by atoms with Gasteiger partial charge in [-0.25, -0.2) is 0 Å². The van der Waals surface area contributed by atoms with E-state index < -0.39 is 13.6 Å². The van der Waals surface area contributed by atoms with Crippen LogP contribution in [-0.4, -0.2) is 18.6 Å². The molecule has 13 heavy (non-hydrogen) atoms. The molecule has 1 rings (SSSR count). The van der Waals surface area contributed by atoms with Gasteiger partial charge in [0, 0.05) is 5.56 Å². The summed E-state index contributed by atoms with van der Waals surface area (Å²) >= 11 is 0. The first-order valence-electron chi connectivity index (χ1n) is 3.79. The number of nitrogens with two attached hydrogens (primary N) is 1. The van der Waals surface area contributed by atoms with Crippen LogP contribution in [0.1, 0.15) is 15.9 Å². The normalized spacial score (nSPS) is 9.38. The summed E-state index contributed by atoms with van der Waals surface area (Å²) in [5, 5.41) is 8.54. The molecule has 0 atom stereocenters. The summed E-state index contributed by atoms with van der Waals surface area (Å²) in [4.78, 5) is 10.8. The van der Waals surface area contributed by atoms with Gasteiger partial charge in [0.1, 0.15) is 5.75 Å². The number of carbonyl (C=O) groups excluding carboxylic acids is 1. The number of hydrogen-bond donors (Lipinski definition) is 2. The minimum Gasteiger partial charge on any atom is -0.539 e. The lowest BCUT2D eigenvalue weighted by Gasteiger charge is -2.06. The molecule has 0 unspecified atom stereocenters. The van der Waals surface area contributed by atoms with Crippen molar-refractivity contribution in [3.63, 3.8) is 0 Å². The zero-order valence-electron chi connectivity index (χ0n) is 7.28. The summed E-state index contributed by atoms with van der Waals surface area (Å²) in [6, 6.07) is 4.83. The summed E-state index contributed by atoms with van der Waals surface area (Å²) < 4.78 is 4.88. The second kappa shape index (κ2) is 3.95. The van der Waals surface area contributed by atoms with E-state index in [-0.39, 0.29) is 0 Å². The average molecular weight is 179 g/mol. The maximum Gasteiger partial charge on any atom is 0.504 e. The number of aryl methyl sites for hydroxylation is 1. The molecule has 0 saturated heterocycles. The van der Waals surface area contributed by atoms with Gasteiger partial charge in [-0.1, -0.05) is 6.07 Å². The van der Waals surface area contributed by atoms with E-state index in [4.69, 9.17) is 15.4 Å². The molecule has 0 saturated carbocycles. The van der Waals surface area contributed by atoms with E-state index in [9.17, 15) is 4.79 Å². The van der Waals surface area contributed by atoms with Gasteiger partial charge in [-0.15, -0.1) is 0 Å². The fourth-order valence-corrected chi connectivity index (χ4v) is 0.978. The standard InChI is InChI=1S/C8H10BNO3/c1-5-2-3-6(8(10)11)4-7(5)13-9-12/h2-4,9,12H,1H3,(H2,10,11). The number of benzene rings is 1. The summed E-state index contributed by atoms with van der Waals surface area (Å²) in [6.07, 6.45) is 0. The van der Waals surface area contributed by atoms with Crippen LogP contribution in [0.15, 0.2) is 18.2 Å². The first kappa shape index (κ1) is 9.60. The maximum atomic E-state index is 10.8. The van der Waals surface area contributed by atoms with Crippen LogP contribution in [0.2, 0.25) is 0 Å². The van der Waals surface area contributed by atoms with Crippen LogP contribution < -0.4 is 10.4 Å². The van der Waals surface area contributed by atoms with E-state index in [2.05, 4.69) is 0 Å². The number of primary amides is 1. The lowest BCUT2D eigenvalue weighted by Crippen LogP contribution is -2.11. The molecule has 5 heteroatoms. The molecule has 1 aromatic rings. The smallest absolute Gasteiger partial charge is 0.504 e. The van der Waals surface area contributed by atoms with Gasteiger partial charge >= 0.3 is 7.69 Å². The van der Waals surface area contributed by atoms with Crippen molar-refractivity contribution < 1.29 is 14.5 Å². The molecule has 0 aliphatic carbocycles. The molecule has 0 radical (unpaired) electrons. The van der Waals surface area contributed by atoms with Crippen LogP contribution in [0.3, 0.4) is 0 Å². The minimum atomic E-state index is -0.511. The van der Waals surface area contributed by atoms with Gasteiger partial charge < -0.3 is 15.4 Å². The monoisotopic (exact) mass is 179 g/mol. The predicted octanol–water partition coefficient (Wildman–Crippen LogP) is -0.268. The van der Waals surface area contributed by atoms with Crippen LogP contribution in [0.4, 0.5) is 0 Å². The van der Waals surface area contributed by atoms with E-state index >= 15 is 0 Å².